The smallest absolute Gasteiger partial charge is 0.334 e. The molecule has 2 aromatic carbocycles. The molecule has 0 bridgehead atoms. The van der Waals surface area contributed by atoms with Crippen LogP contribution in [0.4, 0.5) is 19.0 Å². The largest absolute Gasteiger partial charge is 0.461 e. The van der Waals surface area contributed by atoms with Crippen molar-refractivity contribution in [3.63, 3.8) is 0 Å². The summed E-state index contributed by atoms with van der Waals surface area (Å²) in [7, 11) is -3.14. The minimum atomic E-state index is -4.67. The van der Waals surface area contributed by atoms with Crippen molar-refractivity contribution in [2.75, 3.05) is 50.9 Å². The van der Waals surface area contributed by atoms with Gasteiger partial charge in [-0.2, -0.15) is 9.97 Å². The molecule has 3 saturated heterocycles. The second kappa shape index (κ2) is 12.4. The van der Waals surface area contributed by atoms with E-state index in [-0.39, 0.29) is 48.1 Å². The van der Waals surface area contributed by atoms with Crippen LogP contribution in [-0.4, -0.2) is 110 Å². The average Bonchev–Trinajstić information content (AvgIpc) is 3.70. The molecule has 3 aliphatic rings. The minimum Gasteiger partial charge on any atom is -0.461 e. The lowest BCUT2D eigenvalue weighted by molar-refractivity contribution is -0.127. The Kier molecular flexibility index (Phi) is 8.52. The number of anilines is 1. The van der Waals surface area contributed by atoms with Crippen molar-refractivity contribution in [2.45, 2.75) is 43.2 Å². The van der Waals surface area contributed by atoms with Crippen molar-refractivity contribution in [3.05, 3.63) is 53.4 Å². The summed E-state index contributed by atoms with van der Waals surface area (Å²) in [6.07, 6.45) is -0.364. The number of amides is 1. The molecule has 0 aliphatic carbocycles. The Hall–Kier alpha value is -3.55. The van der Waals surface area contributed by atoms with E-state index >= 15 is 8.78 Å². The van der Waals surface area contributed by atoms with Gasteiger partial charge in [-0.1, -0.05) is 41.9 Å². The number of rotatable bonds is 8. The van der Waals surface area contributed by atoms with E-state index in [0.29, 0.717) is 28.9 Å². The molecule has 2 aromatic heterocycles. The zero-order chi connectivity index (χ0) is 34.0. The first-order valence-electron chi connectivity index (χ1n) is 15.6. The van der Waals surface area contributed by atoms with Crippen LogP contribution in [-0.2, 0) is 9.36 Å². The Bertz CT molecular complexity index is 1970. The summed E-state index contributed by atoms with van der Waals surface area (Å²) in [5.74, 6) is -1.59. The monoisotopic (exact) mass is 704 g/mol. The molecule has 0 spiro atoms. The molecule has 48 heavy (non-hydrogen) atoms. The molecule has 3 aliphatic heterocycles. The lowest BCUT2D eigenvalue weighted by Crippen LogP contribution is -2.43. The summed E-state index contributed by atoms with van der Waals surface area (Å²) in [5, 5.41) is 1.94. The van der Waals surface area contributed by atoms with Crippen molar-refractivity contribution in [1.82, 2.24) is 24.8 Å². The number of hydrogen-bond donors (Lipinski definition) is 2. The number of likely N-dealkylation sites (N-methyl/N-ethyl adjacent to an activating group) is 1. The maximum absolute atomic E-state index is 16.7. The molecule has 3 fully saturated rings. The van der Waals surface area contributed by atoms with Crippen molar-refractivity contribution in [2.24, 2.45) is 0 Å². The number of fused-ring (bicyclic) bond motifs is 3. The Labute approximate surface area is 278 Å². The first-order valence-corrected chi connectivity index (χ1v) is 17.8. The number of benzene rings is 2. The zero-order valence-electron chi connectivity index (χ0n) is 25.9. The maximum Gasteiger partial charge on any atom is 0.334 e. The molecule has 4 atom stereocenters. The Morgan fingerprint density at radius 2 is 1.94 bits per heavy atom. The highest BCUT2D eigenvalue weighted by Crippen LogP contribution is 2.42. The van der Waals surface area contributed by atoms with E-state index in [0.717, 1.165) is 29.7 Å². The van der Waals surface area contributed by atoms with Crippen molar-refractivity contribution >= 4 is 52.6 Å². The van der Waals surface area contributed by atoms with Gasteiger partial charge in [0.15, 0.2) is 5.82 Å². The molecule has 16 heteroatoms. The number of nitrogens with zero attached hydrogens (tertiary/aromatic N) is 6. The van der Waals surface area contributed by atoms with Gasteiger partial charge in [-0.25, -0.2) is 13.2 Å². The van der Waals surface area contributed by atoms with Gasteiger partial charge in [0.25, 0.3) is 0 Å². The summed E-state index contributed by atoms with van der Waals surface area (Å²) in [6.45, 7) is 0.535. The lowest BCUT2D eigenvalue weighted by atomic mass is 9.95. The van der Waals surface area contributed by atoms with Gasteiger partial charge in [-0.15, -0.1) is 0 Å². The fraction of sp³-hybridized carbons (Fsp3) is 0.438. The van der Waals surface area contributed by atoms with E-state index in [1.807, 2.05) is 12.1 Å². The van der Waals surface area contributed by atoms with Gasteiger partial charge >= 0.3 is 13.6 Å². The van der Waals surface area contributed by atoms with Gasteiger partial charge in [-0.3, -0.25) is 19.2 Å². The number of aromatic nitrogens is 3. The molecular formula is C32H33ClF3N6O5P. The summed E-state index contributed by atoms with van der Waals surface area (Å²) in [6, 6.07) is 9.47. The Balaban J connectivity index is 1.30. The van der Waals surface area contributed by atoms with Crippen LogP contribution in [0.25, 0.3) is 32.9 Å². The zero-order valence-corrected chi connectivity index (χ0v) is 27.5. The Morgan fingerprint density at radius 3 is 2.71 bits per heavy atom. The normalized spacial score (nSPS) is 24.5. The second-order valence-corrected chi connectivity index (χ2v) is 14.9. The molecule has 7 rings (SSSR count). The van der Waals surface area contributed by atoms with Crippen LogP contribution in [0.3, 0.4) is 0 Å². The van der Waals surface area contributed by atoms with Crippen LogP contribution in [0.5, 0.6) is 6.01 Å². The molecule has 2 N–H and O–H groups in total. The van der Waals surface area contributed by atoms with Gasteiger partial charge in [0.2, 0.25) is 5.91 Å². The molecule has 4 aromatic rings. The summed E-state index contributed by atoms with van der Waals surface area (Å²) < 4.78 is 64.2. The van der Waals surface area contributed by atoms with E-state index in [1.165, 1.54) is 18.1 Å². The fourth-order valence-electron chi connectivity index (χ4n) is 7.43. The van der Waals surface area contributed by atoms with Crippen molar-refractivity contribution < 1.29 is 37.1 Å². The van der Waals surface area contributed by atoms with Gasteiger partial charge in [-0.05, 0) is 30.8 Å². The number of alkyl halides is 2. The molecular weight excluding hydrogens is 672 g/mol. The number of carbonyl (C=O) groups excluding carboxylic acids is 1. The SMILES string of the molecule is CN(c1nc(OC[C@@]23CCCN2C[C@H](F)C3)nc2c(F)c(-c3cccc4cccc(Cl)c34)ncc12)[C@@H]1CN(C(=O)CP(=O)(O)O)C[C@H]1F. The summed E-state index contributed by atoms with van der Waals surface area (Å²) in [5.41, 5.74) is -0.266. The molecule has 1 amide bonds. The highest BCUT2D eigenvalue weighted by Gasteiger charge is 2.49. The van der Waals surface area contributed by atoms with Crippen molar-refractivity contribution in [3.8, 4) is 17.3 Å². The quantitative estimate of drug-likeness (QED) is 0.248. The number of pyridine rings is 1. The Morgan fingerprint density at radius 1 is 1.17 bits per heavy atom. The predicted octanol–water partition coefficient (Wildman–Crippen LogP) is 4.76. The third kappa shape index (κ3) is 5.98. The van der Waals surface area contributed by atoms with E-state index in [1.54, 1.807) is 24.3 Å². The third-order valence-corrected chi connectivity index (χ3v) is 10.7. The fourth-order valence-corrected chi connectivity index (χ4v) is 8.27. The highest BCUT2D eigenvalue weighted by atomic mass is 35.5. The van der Waals surface area contributed by atoms with Crippen LogP contribution in [0, 0.1) is 5.82 Å². The lowest BCUT2D eigenvalue weighted by Gasteiger charge is -2.31. The first-order chi connectivity index (χ1) is 22.8. The molecule has 0 radical (unpaired) electrons. The van der Waals surface area contributed by atoms with Gasteiger partial charge in [0.1, 0.15) is 42.1 Å². The van der Waals surface area contributed by atoms with Crippen LogP contribution in [0.15, 0.2) is 42.6 Å². The third-order valence-electron chi connectivity index (χ3n) is 9.73. The van der Waals surface area contributed by atoms with Crippen LogP contribution < -0.4 is 9.64 Å². The van der Waals surface area contributed by atoms with E-state index in [2.05, 4.69) is 19.9 Å². The molecule has 11 nitrogen and oxygen atoms in total. The van der Waals surface area contributed by atoms with Crippen LogP contribution in [0.1, 0.15) is 19.3 Å². The molecule has 5 heterocycles. The van der Waals surface area contributed by atoms with E-state index in [4.69, 9.17) is 16.3 Å². The minimum absolute atomic E-state index is 0.0190. The number of carbonyl (C=O) groups is 1. The number of ether oxygens (including phenoxy) is 1. The number of hydrogen-bond acceptors (Lipinski definition) is 8. The average molecular weight is 705 g/mol. The maximum atomic E-state index is 16.7. The molecule has 0 saturated carbocycles. The number of halogens is 4. The predicted molar refractivity (Wildman–Crippen MR) is 174 cm³/mol. The standard InChI is InChI=1S/C32H33ClF3N6O5P/c1-40(24-15-41(14-23(24)35)25(43)16-48(44,45)46)30-21-12-37-28(20-7-2-5-18-6-3-8-22(33)26(18)20)27(36)29(21)38-31(39-30)47-17-32-9-4-10-42(32)13-19(34)11-32/h2-3,5-8,12,19,23-24H,4,9-11,13-17H2,1H3,(H2,44,45,46)/t19-,23-,24-,32+/m1/s1. The van der Waals surface area contributed by atoms with Gasteiger partial charge < -0.3 is 24.3 Å². The molecule has 0 unspecified atom stereocenters. The summed E-state index contributed by atoms with van der Waals surface area (Å²) >= 11 is 6.55. The number of likely N-dealkylation sites (tertiary alicyclic amines) is 1. The first kappa shape index (κ1) is 33.0. The van der Waals surface area contributed by atoms with Crippen LogP contribution >= 0.6 is 19.2 Å². The van der Waals surface area contributed by atoms with E-state index in [9.17, 15) is 23.5 Å². The highest BCUT2D eigenvalue weighted by molar-refractivity contribution is 7.52. The molecule has 254 valence electrons. The van der Waals surface area contributed by atoms with Gasteiger partial charge in [0.05, 0.1) is 23.5 Å². The summed E-state index contributed by atoms with van der Waals surface area (Å²) in [4.78, 5) is 49.1. The van der Waals surface area contributed by atoms with E-state index < -0.39 is 49.4 Å². The second-order valence-electron chi connectivity index (χ2n) is 12.8. The van der Waals surface area contributed by atoms with Gasteiger partial charge in [0, 0.05) is 48.7 Å². The topological polar surface area (TPSA) is 132 Å². The van der Waals surface area contributed by atoms with Crippen molar-refractivity contribution in [1.29, 1.82) is 0 Å². The van der Waals surface area contributed by atoms with Crippen LogP contribution in [0.2, 0.25) is 5.02 Å².